The highest BCUT2D eigenvalue weighted by Gasteiger charge is 2.27. The molecule has 0 saturated carbocycles. The summed E-state index contributed by atoms with van der Waals surface area (Å²) in [7, 11) is 0. The molecule has 1 nitrogen and oxygen atoms in total. The SMILES string of the molecule is CC1(C)CNCC=C1c1cccc2ccsc12.Cl. The molecule has 1 aliphatic rings. The van der Waals surface area contributed by atoms with E-state index in [4.69, 9.17) is 0 Å². The van der Waals surface area contributed by atoms with Crippen molar-refractivity contribution in [2.75, 3.05) is 13.1 Å². The third kappa shape index (κ3) is 2.20. The van der Waals surface area contributed by atoms with Crippen molar-refractivity contribution in [1.29, 1.82) is 0 Å². The first-order chi connectivity index (χ1) is 8.18. The molecule has 1 aliphatic heterocycles. The number of rotatable bonds is 1. The Labute approximate surface area is 118 Å². The molecule has 1 aromatic heterocycles. The number of nitrogens with one attached hydrogen (secondary N) is 1. The summed E-state index contributed by atoms with van der Waals surface area (Å²) in [5, 5.41) is 6.99. The zero-order chi connectivity index (χ0) is 11.9. The standard InChI is InChI=1S/C15H17NS.ClH/c1-15(2)10-16-8-6-13(15)12-5-3-4-11-7-9-17-14(11)12;/h3-7,9,16H,8,10H2,1-2H3;1H. The highest BCUT2D eigenvalue weighted by molar-refractivity contribution is 7.17. The Kier molecular flexibility index (Phi) is 3.81. The smallest absolute Gasteiger partial charge is 0.0417 e. The average Bonchev–Trinajstić information content (AvgIpc) is 2.76. The van der Waals surface area contributed by atoms with Crippen LogP contribution in [0.2, 0.25) is 0 Å². The topological polar surface area (TPSA) is 12.0 Å². The maximum Gasteiger partial charge on any atom is 0.0417 e. The molecule has 0 atom stereocenters. The maximum absolute atomic E-state index is 3.44. The second-order valence-electron chi connectivity index (χ2n) is 5.28. The molecule has 3 heteroatoms. The third-order valence-electron chi connectivity index (χ3n) is 3.52. The number of benzene rings is 1. The Morgan fingerprint density at radius 2 is 2.06 bits per heavy atom. The van der Waals surface area contributed by atoms with Crippen LogP contribution in [0.1, 0.15) is 19.4 Å². The van der Waals surface area contributed by atoms with Gasteiger partial charge in [-0.2, -0.15) is 0 Å². The predicted octanol–water partition coefficient (Wildman–Crippen LogP) is 4.34. The van der Waals surface area contributed by atoms with E-state index in [0.717, 1.165) is 13.1 Å². The van der Waals surface area contributed by atoms with Crippen molar-refractivity contribution < 1.29 is 0 Å². The molecule has 2 aromatic rings. The summed E-state index contributed by atoms with van der Waals surface area (Å²) in [6.07, 6.45) is 2.35. The first-order valence-electron chi connectivity index (χ1n) is 6.06. The van der Waals surface area contributed by atoms with Crippen molar-refractivity contribution in [2.45, 2.75) is 13.8 Å². The molecular formula is C15H18ClNS. The maximum atomic E-state index is 3.44. The molecule has 3 rings (SSSR count). The second-order valence-corrected chi connectivity index (χ2v) is 6.19. The fourth-order valence-corrected chi connectivity index (χ4v) is 3.54. The Hall–Kier alpha value is -0.830. The quantitative estimate of drug-likeness (QED) is 0.819. The van der Waals surface area contributed by atoms with Crippen molar-refractivity contribution in [3.8, 4) is 0 Å². The Morgan fingerprint density at radius 1 is 1.22 bits per heavy atom. The van der Waals surface area contributed by atoms with Gasteiger partial charge in [-0.3, -0.25) is 0 Å². The van der Waals surface area contributed by atoms with Crippen molar-refractivity contribution in [3.63, 3.8) is 0 Å². The van der Waals surface area contributed by atoms with E-state index < -0.39 is 0 Å². The zero-order valence-corrected chi connectivity index (χ0v) is 12.3. The summed E-state index contributed by atoms with van der Waals surface area (Å²) < 4.78 is 1.42. The molecule has 0 spiro atoms. The van der Waals surface area contributed by atoms with Gasteiger partial charge in [0.25, 0.3) is 0 Å². The van der Waals surface area contributed by atoms with Crippen LogP contribution in [0, 0.1) is 5.41 Å². The van der Waals surface area contributed by atoms with E-state index in [1.807, 2.05) is 11.3 Å². The highest BCUT2D eigenvalue weighted by atomic mass is 35.5. The number of thiophene rings is 1. The number of hydrogen-bond donors (Lipinski definition) is 1. The molecule has 0 aliphatic carbocycles. The largest absolute Gasteiger partial charge is 0.312 e. The molecule has 96 valence electrons. The molecule has 0 amide bonds. The van der Waals surface area contributed by atoms with Crippen molar-refractivity contribution in [1.82, 2.24) is 5.32 Å². The Bertz CT molecular complexity index is 583. The van der Waals surface area contributed by atoms with Crippen LogP contribution < -0.4 is 5.32 Å². The molecule has 0 radical (unpaired) electrons. The van der Waals surface area contributed by atoms with Crippen LogP contribution in [0.15, 0.2) is 35.7 Å². The molecule has 0 fully saturated rings. The van der Waals surface area contributed by atoms with E-state index in [1.165, 1.54) is 21.2 Å². The normalized spacial score (nSPS) is 18.2. The molecular weight excluding hydrogens is 262 g/mol. The first-order valence-corrected chi connectivity index (χ1v) is 6.94. The minimum absolute atomic E-state index is 0. The fourth-order valence-electron chi connectivity index (χ4n) is 2.61. The van der Waals surface area contributed by atoms with Gasteiger partial charge < -0.3 is 5.32 Å². The van der Waals surface area contributed by atoms with Crippen LogP contribution in [-0.2, 0) is 0 Å². The Morgan fingerprint density at radius 3 is 2.83 bits per heavy atom. The summed E-state index contributed by atoms with van der Waals surface area (Å²) in [5.74, 6) is 0. The van der Waals surface area contributed by atoms with Crippen molar-refractivity contribution >= 4 is 39.4 Å². The van der Waals surface area contributed by atoms with Gasteiger partial charge in [-0.1, -0.05) is 38.1 Å². The predicted molar refractivity (Wildman–Crippen MR) is 83.7 cm³/mol. The zero-order valence-electron chi connectivity index (χ0n) is 10.7. The lowest BCUT2D eigenvalue weighted by Gasteiger charge is -2.32. The monoisotopic (exact) mass is 279 g/mol. The van der Waals surface area contributed by atoms with Crippen LogP contribution in [0.25, 0.3) is 15.7 Å². The summed E-state index contributed by atoms with van der Waals surface area (Å²) in [5.41, 5.74) is 3.13. The third-order valence-corrected chi connectivity index (χ3v) is 4.48. The van der Waals surface area contributed by atoms with Crippen LogP contribution in [0.4, 0.5) is 0 Å². The van der Waals surface area contributed by atoms with Gasteiger partial charge in [0.2, 0.25) is 0 Å². The lowest BCUT2D eigenvalue weighted by Crippen LogP contribution is -2.35. The minimum atomic E-state index is 0. The minimum Gasteiger partial charge on any atom is -0.312 e. The van der Waals surface area contributed by atoms with Crippen LogP contribution in [0.5, 0.6) is 0 Å². The fraction of sp³-hybridized carbons (Fsp3) is 0.333. The van der Waals surface area contributed by atoms with Crippen LogP contribution >= 0.6 is 23.7 Å². The highest BCUT2D eigenvalue weighted by Crippen LogP contribution is 2.40. The Balaban J connectivity index is 0.00000120. The molecule has 0 saturated heterocycles. The van der Waals surface area contributed by atoms with E-state index in [9.17, 15) is 0 Å². The first kappa shape index (κ1) is 13.6. The van der Waals surface area contributed by atoms with Gasteiger partial charge >= 0.3 is 0 Å². The second kappa shape index (κ2) is 5.04. The van der Waals surface area contributed by atoms with Gasteiger partial charge in [0.1, 0.15) is 0 Å². The van der Waals surface area contributed by atoms with Crippen molar-refractivity contribution in [2.24, 2.45) is 5.41 Å². The van der Waals surface area contributed by atoms with E-state index in [-0.39, 0.29) is 17.8 Å². The van der Waals surface area contributed by atoms with Gasteiger partial charge in [-0.25, -0.2) is 0 Å². The van der Waals surface area contributed by atoms with Crippen LogP contribution in [-0.4, -0.2) is 13.1 Å². The van der Waals surface area contributed by atoms with Gasteiger partial charge in [-0.05, 0) is 28.0 Å². The summed E-state index contributed by atoms with van der Waals surface area (Å²) in [6, 6.07) is 8.84. The number of halogens is 1. The van der Waals surface area contributed by atoms with E-state index in [0.29, 0.717) is 0 Å². The van der Waals surface area contributed by atoms with Crippen molar-refractivity contribution in [3.05, 3.63) is 41.3 Å². The van der Waals surface area contributed by atoms with E-state index >= 15 is 0 Å². The number of hydrogen-bond acceptors (Lipinski definition) is 2. The summed E-state index contributed by atoms with van der Waals surface area (Å²) in [6.45, 7) is 6.68. The summed E-state index contributed by atoms with van der Waals surface area (Å²) >= 11 is 1.85. The molecule has 1 N–H and O–H groups in total. The van der Waals surface area contributed by atoms with Gasteiger partial charge in [-0.15, -0.1) is 23.7 Å². The lowest BCUT2D eigenvalue weighted by molar-refractivity contribution is 0.446. The number of fused-ring (bicyclic) bond motifs is 1. The van der Waals surface area contributed by atoms with Gasteiger partial charge in [0, 0.05) is 23.2 Å². The average molecular weight is 280 g/mol. The summed E-state index contributed by atoms with van der Waals surface area (Å²) in [4.78, 5) is 0. The van der Waals surface area contributed by atoms with Gasteiger partial charge in [0.15, 0.2) is 0 Å². The van der Waals surface area contributed by atoms with E-state index in [1.54, 1.807) is 0 Å². The molecule has 0 bridgehead atoms. The molecule has 18 heavy (non-hydrogen) atoms. The lowest BCUT2D eigenvalue weighted by atomic mass is 9.78. The molecule has 2 heterocycles. The van der Waals surface area contributed by atoms with E-state index in [2.05, 4.69) is 54.9 Å². The molecule has 1 aromatic carbocycles. The molecule has 0 unspecified atom stereocenters. The van der Waals surface area contributed by atoms with Crippen LogP contribution in [0.3, 0.4) is 0 Å². The van der Waals surface area contributed by atoms with Gasteiger partial charge in [0.05, 0.1) is 0 Å².